The number of ether oxygens (including phenoxy) is 1. The summed E-state index contributed by atoms with van der Waals surface area (Å²) in [7, 11) is 1.67. The van der Waals surface area contributed by atoms with Crippen LogP contribution in [0.4, 0.5) is 0 Å². The zero-order valence-electron chi connectivity index (χ0n) is 11.4. The Morgan fingerprint density at radius 1 is 1.33 bits per heavy atom. The monoisotopic (exact) mass is 257 g/mol. The van der Waals surface area contributed by atoms with Crippen molar-refractivity contribution in [3.05, 3.63) is 0 Å². The second-order valence-electron chi connectivity index (χ2n) is 5.38. The summed E-state index contributed by atoms with van der Waals surface area (Å²) >= 11 is 0. The normalized spacial score (nSPS) is 19.9. The molecule has 1 fully saturated rings. The van der Waals surface area contributed by atoms with Crippen LogP contribution in [0, 0.1) is 17.3 Å². The minimum absolute atomic E-state index is 0.173. The molecule has 0 bridgehead atoms. The quantitative estimate of drug-likeness (QED) is 0.686. The van der Waals surface area contributed by atoms with Crippen LogP contribution in [0.3, 0.4) is 0 Å². The molecule has 5 heteroatoms. The van der Waals surface area contributed by atoms with Gasteiger partial charge in [-0.05, 0) is 24.7 Å². The molecule has 0 spiro atoms. The van der Waals surface area contributed by atoms with E-state index in [4.69, 9.17) is 9.84 Å². The van der Waals surface area contributed by atoms with E-state index in [0.29, 0.717) is 13.2 Å². The number of methoxy groups -OCH3 is 1. The average Bonchev–Trinajstić information content (AvgIpc) is 3.12. The van der Waals surface area contributed by atoms with Gasteiger partial charge < -0.3 is 15.2 Å². The number of nitrogens with one attached hydrogen (secondary N) is 1. The first-order valence-corrected chi connectivity index (χ1v) is 6.41. The number of carboxylic acids is 1. The summed E-state index contributed by atoms with van der Waals surface area (Å²) in [4.78, 5) is 22.6. The Balaban J connectivity index is 2.35. The topological polar surface area (TPSA) is 75.6 Å². The molecule has 1 aliphatic rings. The smallest absolute Gasteiger partial charge is 0.307 e. The first-order valence-electron chi connectivity index (χ1n) is 6.41. The summed E-state index contributed by atoms with van der Waals surface area (Å²) in [5.74, 6) is -2.26. The van der Waals surface area contributed by atoms with Gasteiger partial charge in [-0.15, -0.1) is 0 Å². The van der Waals surface area contributed by atoms with Crippen LogP contribution < -0.4 is 5.32 Å². The Morgan fingerprint density at radius 2 is 1.94 bits per heavy atom. The van der Waals surface area contributed by atoms with Gasteiger partial charge >= 0.3 is 5.97 Å². The van der Waals surface area contributed by atoms with Crippen molar-refractivity contribution in [1.82, 2.24) is 5.32 Å². The van der Waals surface area contributed by atoms with Gasteiger partial charge in [0.15, 0.2) is 0 Å². The molecule has 5 nitrogen and oxygen atoms in total. The maximum atomic E-state index is 11.8. The van der Waals surface area contributed by atoms with E-state index in [1.165, 1.54) is 0 Å². The van der Waals surface area contributed by atoms with Crippen LogP contribution in [0.25, 0.3) is 0 Å². The summed E-state index contributed by atoms with van der Waals surface area (Å²) in [6.07, 6.45) is 3.17. The fraction of sp³-hybridized carbons (Fsp3) is 0.846. The highest BCUT2D eigenvalue weighted by molar-refractivity contribution is 5.84. The first-order chi connectivity index (χ1) is 8.42. The zero-order valence-corrected chi connectivity index (χ0v) is 11.4. The van der Waals surface area contributed by atoms with Gasteiger partial charge in [-0.3, -0.25) is 9.59 Å². The molecule has 0 aromatic carbocycles. The molecule has 0 aliphatic heterocycles. The average molecular weight is 257 g/mol. The van der Waals surface area contributed by atoms with Crippen LogP contribution in [0.1, 0.15) is 33.1 Å². The Morgan fingerprint density at radius 3 is 2.39 bits per heavy atom. The molecular formula is C13H23NO4. The molecule has 0 heterocycles. The highest BCUT2D eigenvalue weighted by Gasteiger charge is 2.42. The van der Waals surface area contributed by atoms with Crippen LogP contribution in [-0.2, 0) is 14.3 Å². The van der Waals surface area contributed by atoms with Crippen molar-refractivity contribution in [2.75, 3.05) is 20.3 Å². The molecule has 18 heavy (non-hydrogen) atoms. The molecule has 0 aromatic heterocycles. The minimum atomic E-state index is -0.932. The van der Waals surface area contributed by atoms with Crippen molar-refractivity contribution in [3.63, 3.8) is 0 Å². The largest absolute Gasteiger partial charge is 0.481 e. The van der Waals surface area contributed by atoms with Crippen LogP contribution in [0.15, 0.2) is 0 Å². The maximum absolute atomic E-state index is 11.8. The van der Waals surface area contributed by atoms with Crippen molar-refractivity contribution >= 4 is 11.9 Å². The summed E-state index contributed by atoms with van der Waals surface area (Å²) < 4.78 is 5.05. The maximum Gasteiger partial charge on any atom is 0.307 e. The molecule has 104 valence electrons. The van der Waals surface area contributed by atoms with E-state index in [2.05, 4.69) is 5.32 Å². The van der Waals surface area contributed by atoms with Gasteiger partial charge in [0.1, 0.15) is 0 Å². The number of amides is 1. The molecule has 2 N–H and O–H groups in total. The predicted octanol–water partition coefficient (Wildman–Crippen LogP) is 1.28. The Kier molecular flexibility index (Phi) is 5.14. The van der Waals surface area contributed by atoms with Crippen molar-refractivity contribution in [1.29, 1.82) is 0 Å². The van der Waals surface area contributed by atoms with E-state index in [-0.39, 0.29) is 11.3 Å². The number of aliphatic carboxylic acids is 1. The lowest BCUT2D eigenvalue weighted by Gasteiger charge is -2.19. The van der Waals surface area contributed by atoms with Crippen molar-refractivity contribution in [3.8, 4) is 0 Å². The van der Waals surface area contributed by atoms with Gasteiger partial charge in [-0.25, -0.2) is 0 Å². The summed E-state index contributed by atoms with van der Waals surface area (Å²) in [6, 6.07) is 0. The predicted molar refractivity (Wildman–Crippen MR) is 67.1 cm³/mol. The third kappa shape index (κ3) is 3.98. The molecule has 0 aromatic rings. The van der Waals surface area contributed by atoms with E-state index < -0.39 is 17.8 Å². The lowest BCUT2D eigenvalue weighted by atomic mass is 9.94. The van der Waals surface area contributed by atoms with E-state index >= 15 is 0 Å². The van der Waals surface area contributed by atoms with Gasteiger partial charge in [0.2, 0.25) is 5.91 Å². The molecule has 1 rings (SSSR count). The van der Waals surface area contributed by atoms with Gasteiger partial charge in [-0.1, -0.05) is 13.8 Å². The van der Waals surface area contributed by atoms with Crippen LogP contribution in [0.5, 0.6) is 0 Å². The molecule has 1 saturated carbocycles. The third-order valence-corrected chi connectivity index (χ3v) is 3.98. The van der Waals surface area contributed by atoms with E-state index in [9.17, 15) is 9.59 Å². The number of hydrogen-bond donors (Lipinski definition) is 2. The van der Waals surface area contributed by atoms with Gasteiger partial charge in [0.25, 0.3) is 0 Å². The number of rotatable bonds is 8. The number of carboxylic acid groups (broad SMARTS) is 1. The van der Waals surface area contributed by atoms with Crippen LogP contribution in [-0.4, -0.2) is 37.2 Å². The van der Waals surface area contributed by atoms with Crippen molar-refractivity contribution in [2.45, 2.75) is 33.1 Å². The summed E-state index contributed by atoms with van der Waals surface area (Å²) in [5, 5.41) is 11.7. The molecule has 2 atom stereocenters. The second kappa shape index (κ2) is 6.18. The minimum Gasteiger partial charge on any atom is -0.481 e. The highest BCUT2D eigenvalue weighted by atomic mass is 16.5. The summed E-state index contributed by atoms with van der Waals surface area (Å²) in [6.45, 7) is 4.55. The first kappa shape index (κ1) is 15.0. The lowest BCUT2D eigenvalue weighted by Crippen LogP contribution is -2.38. The molecule has 1 aliphatic carbocycles. The molecule has 0 saturated heterocycles. The Labute approximate surface area is 108 Å². The van der Waals surface area contributed by atoms with E-state index in [0.717, 1.165) is 19.3 Å². The standard InChI is InChI=1S/C13H23NO4/c1-9(10(2)12(16)17)11(15)14-8-13(4-5-13)6-7-18-3/h9-10H,4-8H2,1-3H3,(H,14,15)(H,16,17). The number of hydrogen-bond acceptors (Lipinski definition) is 3. The number of carbonyl (C=O) groups excluding carboxylic acids is 1. The fourth-order valence-electron chi connectivity index (χ4n) is 1.89. The summed E-state index contributed by atoms with van der Waals surface area (Å²) in [5.41, 5.74) is 0.192. The van der Waals surface area contributed by atoms with Gasteiger partial charge in [-0.2, -0.15) is 0 Å². The molecule has 2 unspecified atom stereocenters. The number of carbonyl (C=O) groups is 2. The highest BCUT2D eigenvalue weighted by Crippen LogP contribution is 2.48. The van der Waals surface area contributed by atoms with Gasteiger partial charge in [0, 0.05) is 26.2 Å². The van der Waals surface area contributed by atoms with Crippen molar-refractivity contribution < 1.29 is 19.4 Å². The Bertz CT molecular complexity index is 312. The molecule has 0 radical (unpaired) electrons. The molecule has 1 amide bonds. The lowest BCUT2D eigenvalue weighted by molar-refractivity contribution is -0.146. The third-order valence-electron chi connectivity index (χ3n) is 3.98. The van der Waals surface area contributed by atoms with Gasteiger partial charge in [0.05, 0.1) is 5.92 Å². The second-order valence-corrected chi connectivity index (χ2v) is 5.38. The SMILES string of the molecule is COCCC1(CNC(=O)C(C)C(C)C(=O)O)CC1. The fourth-order valence-corrected chi connectivity index (χ4v) is 1.89. The van der Waals surface area contributed by atoms with Crippen LogP contribution in [0.2, 0.25) is 0 Å². The van der Waals surface area contributed by atoms with E-state index in [1.54, 1.807) is 21.0 Å². The van der Waals surface area contributed by atoms with Crippen molar-refractivity contribution in [2.24, 2.45) is 17.3 Å². The Hall–Kier alpha value is -1.10. The van der Waals surface area contributed by atoms with E-state index in [1.807, 2.05) is 0 Å². The van der Waals surface area contributed by atoms with Crippen LogP contribution >= 0.6 is 0 Å². The molecular weight excluding hydrogens is 234 g/mol. The zero-order chi connectivity index (χ0) is 13.8.